The number of hydrogen-bond acceptors (Lipinski definition) is 3. The summed E-state index contributed by atoms with van der Waals surface area (Å²) in [6.45, 7) is 8.01. The molecule has 0 radical (unpaired) electrons. The van der Waals surface area contributed by atoms with Crippen LogP contribution in [-0.4, -0.2) is 36.9 Å². The zero-order chi connectivity index (χ0) is 15.1. The van der Waals surface area contributed by atoms with Crippen molar-refractivity contribution in [1.29, 1.82) is 0 Å². The van der Waals surface area contributed by atoms with E-state index < -0.39 is 10.0 Å². The van der Waals surface area contributed by atoms with Crippen LogP contribution in [-0.2, 0) is 16.6 Å². The Hall–Kier alpha value is -1.34. The van der Waals surface area contributed by atoms with Crippen LogP contribution < -0.4 is 5.14 Å². The first kappa shape index (κ1) is 15.1. The summed E-state index contributed by atoms with van der Waals surface area (Å²) in [5, 5.41) is 5.12. The molecule has 0 saturated carbocycles. The van der Waals surface area contributed by atoms with Crippen molar-refractivity contribution in [1.82, 2.24) is 9.47 Å². The Morgan fingerprint density at radius 2 is 2.10 bits per heavy atom. The molecular formula is C13H21N3O3S. The zero-order valence-corrected chi connectivity index (χ0v) is 12.9. The van der Waals surface area contributed by atoms with Gasteiger partial charge in [-0.05, 0) is 24.8 Å². The van der Waals surface area contributed by atoms with Crippen LogP contribution in [0.4, 0.5) is 0 Å². The molecule has 1 fully saturated rings. The molecule has 1 amide bonds. The van der Waals surface area contributed by atoms with E-state index in [-0.39, 0.29) is 16.2 Å². The number of rotatable bonds is 3. The molecule has 1 aromatic heterocycles. The summed E-state index contributed by atoms with van der Waals surface area (Å²) in [4.78, 5) is 14.3. The average molecular weight is 299 g/mol. The van der Waals surface area contributed by atoms with Crippen molar-refractivity contribution in [2.24, 2.45) is 10.6 Å². The lowest BCUT2D eigenvalue weighted by molar-refractivity contribution is 0.0767. The summed E-state index contributed by atoms with van der Waals surface area (Å²) in [6, 6.07) is 1.37. The van der Waals surface area contributed by atoms with Gasteiger partial charge in [0, 0.05) is 25.8 Å². The third kappa shape index (κ3) is 2.88. The van der Waals surface area contributed by atoms with Gasteiger partial charge in [0.1, 0.15) is 10.6 Å². The molecule has 1 aliphatic heterocycles. The van der Waals surface area contributed by atoms with Crippen LogP contribution in [0.25, 0.3) is 0 Å². The van der Waals surface area contributed by atoms with E-state index in [0.717, 1.165) is 6.42 Å². The van der Waals surface area contributed by atoms with Gasteiger partial charge in [-0.3, -0.25) is 4.79 Å². The van der Waals surface area contributed by atoms with Crippen molar-refractivity contribution in [3.8, 4) is 0 Å². The minimum atomic E-state index is -3.79. The molecule has 6 nitrogen and oxygen atoms in total. The van der Waals surface area contributed by atoms with Gasteiger partial charge in [0.05, 0.1) is 0 Å². The minimum Gasteiger partial charge on any atom is -0.342 e. The first-order chi connectivity index (χ1) is 9.14. The number of sulfonamides is 1. The van der Waals surface area contributed by atoms with Gasteiger partial charge in [-0.15, -0.1) is 0 Å². The van der Waals surface area contributed by atoms with Crippen LogP contribution in [0.5, 0.6) is 0 Å². The Labute approximate surface area is 119 Å². The summed E-state index contributed by atoms with van der Waals surface area (Å²) in [6.07, 6.45) is 2.37. The SMILES string of the molecule is CCn1cc(S(N)(=O)=O)cc1C(=O)N1CCC(C)(C)C1. The van der Waals surface area contributed by atoms with E-state index in [4.69, 9.17) is 5.14 Å². The molecule has 0 bridgehead atoms. The zero-order valence-electron chi connectivity index (χ0n) is 12.1. The maximum Gasteiger partial charge on any atom is 0.270 e. The van der Waals surface area contributed by atoms with Crippen molar-refractivity contribution < 1.29 is 13.2 Å². The second kappa shape index (κ2) is 4.89. The van der Waals surface area contributed by atoms with Gasteiger partial charge in [0.2, 0.25) is 10.0 Å². The summed E-state index contributed by atoms with van der Waals surface area (Å²) in [7, 11) is -3.79. The van der Waals surface area contributed by atoms with Crippen LogP contribution in [0.1, 0.15) is 37.7 Å². The minimum absolute atomic E-state index is 0.0128. The fraction of sp³-hybridized carbons (Fsp3) is 0.615. The first-order valence-electron chi connectivity index (χ1n) is 6.66. The molecule has 1 saturated heterocycles. The monoisotopic (exact) mass is 299 g/mol. The summed E-state index contributed by atoms with van der Waals surface area (Å²) >= 11 is 0. The van der Waals surface area contributed by atoms with Crippen LogP contribution >= 0.6 is 0 Å². The van der Waals surface area contributed by atoms with Crippen molar-refractivity contribution in [3.05, 3.63) is 18.0 Å². The van der Waals surface area contributed by atoms with Crippen LogP contribution in [0.3, 0.4) is 0 Å². The van der Waals surface area contributed by atoms with Crippen molar-refractivity contribution in [3.63, 3.8) is 0 Å². The van der Waals surface area contributed by atoms with E-state index in [1.807, 2.05) is 6.92 Å². The van der Waals surface area contributed by atoms with Gasteiger partial charge >= 0.3 is 0 Å². The Morgan fingerprint density at radius 1 is 1.45 bits per heavy atom. The average Bonchev–Trinajstić information content (AvgIpc) is 2.90. The maximum atomic E-state index is 12.5. The molecule has 0 spiro atoms. The van der Waals surface area contributed by atoms with E-state index in [1.165, 1.54) is 12.3 Å². The fourth-order valence-corrected chi connectivity index (χ4v) is 3.08. The maximum absolute atomic E-state index is 12.5. The number of hydrogen-bond donors (Lipinski definition) is 1. The Kier molecular flexibility index (Phi) is 3.68. The number of aryl methyl sites for hydroxylation is 1. The van der Waals surface area contributed by atoms with Crippen molar-refractivity contribution in [2.45, 2.75) is 38.6 Å². The molecule has 20 heavy (non-hydrogen) atoms. The van der Waals surface area contributed by atoms with Gasteiger partial charge in [-0.1, -0.05) is 13.8 Å². The van der Waals surface area contributed by atoms with Crippen LogP contribution in [0.15, 0.2) is 17.2 Å². The highest BCUT2D eigenvalue weighted by molar-refractivity contribution is 7.89. The molecule has 1 aliphatic rings. The quantitative estimate of drug-likeness (QED) is 0.904. The molecule has 1 aromatic rings. The Morgan fingerprint density at radius 3 is 2.55 bits per heavy atom. The molecular weight excluding hydrogens is 278 g/mol. The van der Waals surface area contributed by atoms with Crippen molar-refractivity contribution >= 4 is 15.9 Å². The van der Waals surface area contributed by atoms with Gasteiger partial charge in [0.15, 0.2) is 0 Å². The lowest BCUT2D eigenvalue weighted by Gasteiger charge is -2.20. The fourth-order valence-electron chi connectivity index (χ4n) is 2.53. The second-order valence-corrected chi connectivity index (χ2v) is 7.59. The number of amides is 1. The normalized spacial score (nSPS) is 18.5. The number of nitrogens with two attached hydrogens (primary N) is 1. The third-order valence-corrected chi connectivity index (χ3v) is 4.60. The molecule has 7 heteroatoms. The van der Waals surface area contributed by atoms with Gasteiger partial charge < -0.3 is 9.47 Å². The number of aromatic nitrogens is 1. The molecule has 2 N–H and O–H groups in total. The second-order valence-electron chi connectivity index (χ2n) is 6.03. The predicted molar refractivity (Wildman–Crippen MR) is 75.8 cm³/mol. The molecule has 112 valence electrons. The molecule has 0 unspecified atom stereocenters. The highest BCUT2D eigenvalue weighted by Crippen LogP contribution is 2.30. The van der Waals surface area contributed by atoms with Gasteiger partial charge in [0.25, 0.3) is 5.91 Å². The number of likely N-dealkylation sites (tertiary alicyclic amines) is 1. The number of nitrogens with zero attached hydrogens (tertiary/aromatic N) is 2. The third-order valence-electron chi connectivity index (χ3n) is 3.72. The Bertz CT molecular complexity index is 631. The Balaban J connectivity index is 2.33. The number of carbonyl (C=O) groups is 1. The number of carbonyl (C=O) groups excluding carboxylic acids is 1. The van der Waals surface area contributed by atoms with E-state index in [0.29, 0.717) is 25.3 Å². The van der Waals surface area contributed by atoms with Crippen LogP contribution in [0, 0.1) is 5.41 Å². The molecule has 0 aromatic carbocycles. The topological polar surface area (TPSA) is 85.4 Å². The van der Waals surface area contributed by atoms with Gasteiger partial charge in [-0.2, -0.15) is 0 Å². The first-order valence-corrected chi connectivity index (χ1v) is 8.21. The van der Waals surface area contributed by atoms with Crippen LogP contribution in [0.2, 0.25) is 0 Å². The summed E-state index contributed by atoms with van der Waals surface area (Å²) in [5.74, 6) is -0.132. The largest absolute Gasteiger partial charge is 0.342 e. The predicted octanol–water partition coefficient (Wildman–Crippen LogP) is 1.03. The van der Waals surface area contributed by atoms with E-state index in [9.17, 15) is 13.2 Å². The van der Waals surface area contributed by atoms with Gasteiger partial charge in [-0.25, -0.2) is 13.6 Å². The highest BCUT2D eigenvalue weighted by Gasteiger charge is 2.33. The highest BCUT2D eigenvalue weighted by atomic mass is 32.2. The van der Waals surface area contributed by atoms with Crippen molar-refractivity contribution in [2.75, 3.05) is 13.1 Å². The number of primary sulfonamides is 1. The molecule has 0 atom stereocenters. The lowest BCUT2D eigenvalue weighted by atomic mass is 9.93. The molecule has 0 aliphatic carbocycles. The van der Waals surface area contributed by atoms with E-state index >= 15 is 0 Å². The van der Waals surface area contributed by atoms with E-state index in [1.54, 1.807) is 9.47 Å². The van der Waals surface area contributed by atoms with E-state index in [2.05, 4.69) is 13.8 Å². The molecule has 2 heterocycles. The lowest BCUT2D eigenvalue weighted by Crippen LogP contribution is -2.31. The standard InChI is InChI=1S/C13H21N3O3S/c1-4-15-8-10(20(14,18)19)7-11(15)12(17)16-6-5-13(2,3)9-16/h7-8H,4-6,9H2,1-3H3,(H2,14,18,19). The smallest absolute Gasteiger partial charge is 0.270 e. The molecule has 2 rings (SSSR count). The summed E-state index contributed by atoms with van der Waals surface area (Å²) in [5.41, 5.74) is 0.497. The summed E-state index contributed by atoms with van der Waals surface area (Å²) < 4.78 is 24.4.